The molecule has 6 aromatic rings. The van der Waals surface area contributed by atoms with Crippen LogP contribution < -0.4 is 10.9 Å². The molecule has 0 spiro atoms. The lowest BCUT2D eigenvalue weighted by Gasteiger charge is -2.10. The Kier molecular flexibility index (Phi) is 4.28. The van der Waals surface area contributed by atoms with E-state index in [1.165, 1.54) is 15.9 Å². The zero-order valence-corrected chi connectivity index (χ0v) is 18.5. The molecule has 1 N–H and O–H groups in total. The number of hydrogen-bond donors (Lipinski definition) is 1. The van der Waals surface area contributed by atoms with E-state index in [4.69, 9.17) is 16.6 Å². The van der Waals surface area contributed by atoms with Gasteiger partial charge in [0.2, 0.25) is 11.7 Å². The number of aryl methyl sites for hydroxylation is 1. The quantitative estimate of drug-likeness (QED) is 0.356. The Morgan fingerprint density at radius 1 is 0.969 bits per heavy atom. The third kappa shape index (κ3) is 2.97. The summed E-state index contributed by atoms with van der Waals surface area (Å²) in [6.45, 7) is 2.03. The van der Waals surface area contributed by atoms with Gasteiger partial charge in [0.25, 0.3) is 5.56 Å². The topological polar surface area (TPSA) is 64.2 Å². The first kappa shape index (κ1) is 19.0. The first-order valence-electron chi connectivity index (χ1n) is 10.0. The van der Waals surface area contributed by atoms with E-state index in [0.29, 0.717) is 27.0 Å². The molecular formula is C24H16ClN5OS. The van der Waals surface area contributed by atoms with E-state index in [-0.39, 0.29) is 5.56 Å². The van der Waals surface area contributed by atoms with Crippen LogP contribution in [0.25, 0.3) is 31.8 Å². The van der Waals surface area contributed by atoms with Crippen LogP contribution in [0.2, 0.25) is 5.02 Å². The van der Waals surface area contributed by atoms with E-state index in [1.54, 1.807) is 12.1 Å². The van der Waals surface area contributed by atoms with E-state index in [1.807, 2.05) is 72.2 Å². The van der Waals surface area contributed by atoms with Crippen molar-refractivity contribution in [2.75, 3.05) is 5.32 Å². The SMILES string of the molecule is Cc1ccc(Nc2nn3c(=O)c4sc5ccccc5c4nc3n2-c2ccc(Cl)cc2)cc1. The summed E-state index contributed by atoms with van der Waals surface area (Å²) in [6, 6.07) is 23.3. The molecule has 0 radical (unpaired) electrons. The first-order valence-corrected chi connectivity index (χ1v) is 11.2. The van der Waals surface area contributed by atoms with Crippen LogP contribution in [0.3, 0.4) is 0 Å². The zero-order chi connectivity index (χ0) is 21.8. The number of anilines is 2. The number of halogens is 1. The molecule has 32 heavy (non-hydrogen) atoms. The third-order valence-corrected chi connectivity index (χ3v) is 6.76. The molecule has 3 aromatic heterocycles. The molecule has 156 valence electrons. The Morgan fingerprint density at radius 2 is 1.72 bits per heavy atom. The highest BCUT2D eigenvalue weighted by molar-refractivity contribution is 7.25. The maximum atomic E-state index is 13.4. The number of rotatable bonds is 3. The van der Waals surface area contributed by atoms with E-state index in [2.05, 4.69) is 10.4 Å². The second-order valence-electron chi connectivity index (χ2n) is 7.53. The fourth-order valence-electron chi connectivity index (χ4n) is 3.77. The van der Waals surface area contributed by atoms with Gasteiger partial charge in [0.1, 0.15) is 4.70 Å². The molecule has 8 heteroatoms. The van der Waals surface area contributed by atoms with Crippen LogP contribution in [0.5, 0.6) is 0 Å². The molecule has 0 bridgehead atoms. The molecule has 0 atom stereocenters. The standard InChI is InChI=1S/C24H16ClN5OS/c1-14-6-10-16(11-7-14)26-23-28-30-22(31)21-20(18-4-2-3-5-19(18)32-21)27-24(30)29(23)17-12-8-15(25)9-13-17/h2-13H,1H3,(H,26,28). The normalized spacial score (nSPS) is 11.6. The van der Waals surface area contributed by atoms with Crippen molar-refractivity contribution >= 4 is 60.7 Å². The second-order valence-corrected chi connectivity index (χ2v) is 9.02. The summed E-state index contributed by atoms with van der Waals surface area (Å²) in [7, 11) is 0. The summed E-state index contributed by atoms with van der Waals surface area (Å²) in [6.07, 6.45) is 0. The van der Waals surface area contributed by atoms with Gasteiger partial charge in [0.05, 0.1) is 11.2 Å². The Hall–Kier alpha value is -3.68. The highest BCUT2D eigenvalue weighted by Crippen LogP contribution is 2.31. The largest absolute Gasteiger partial charge is 0.324 e. The van der Waals surface area contributed by atoms with Gasteiger partial charge < -0.3 is 5.32 Å². The predicted molar refractivity (Wildman–Crippen MR) is 131 cm³/mol. The number of hydrogen-bond acceptors (Lipinski definition) is 5. The van der Waals surface area contributed by atoms with E-state index in [0.717, 1.165) is 27.0 Å². The molecule has 3 heterocycles. The number of benzene rings is 3. The van der Waals surface area contributed by atoms with Gasteiger partial charge in [-0.2, -0.15) is 4.52 Å². The van der Waals surface area contributed by atoms with Crippen LogP contribution in [0.1, 0.15) is 5.56 Å². The van der Waals surface area contributed by atoms with Gasteiger partial charge in [-0.05, 0) is 49.4 Å². The molecule has 0 unspecified atom stereocenters. The van der Waals surface area contributed by atoms with E-state index in [9.17, 15) is 4.79 Å². The molecular weight excluding hydrogens is 442 g/mol. The smallest absolute Gasteiger partial charge is 0.293 e. The minimum Gasteiger partial charge on any atom is -0.324 e. The first-order chi connectivity index (χ1) is 15.6. The van der Waals surface area contributed by atoms with Gasteiger partial charge in [-0.25, -0.2) is 9.55 Å². The fourth-order valence-corrected chi connectivity index (χ4v) is 4.96. The van der Waals surface area contributed by atoms with Crippen molar-refractivity contribution < 1.29 is 0 Å². The summed E-state index contributed by atoms with van der Waals surface area (Å²) in [5, 5.41) is 9.54. The molecule has 0 saturated heterocycles. The number of fused-ring (bicyclic) bond motifs is 4. The average Bonchev–Trinajstić information content (AvgIpc) is 3.35. The number of aromatic nitrogens is 4. The van der Waals surface area contributed by atoms with Crippen LogP contribution in [0, 0.1) is 6.92 Å². The Bertz CT molecular complexity index is 1680. The zero-order valence-electron chi connectivity index (χ0n) is 16.9. The second kappa shape index (κ2) is 7.19. The van der Waals surface area contributed by atoms with Gasteiger partial charge in [-0.1, -0.05) is 47.5 Å². The van der Waals surface area contributed by atoms with Gasteiger partial charge in [0.15, 0.2) is 0 Å². The highest BCUT2D eigenvalue weighted by atomic mass is 35.5. The molecule has 6 nitrogen and oxygen atoms in total. The molecule has 0 fully saturated rings. The molecule has 0 aliphatic heterocycles. The van der Waals surface area contributed by atoms with Crippen LogP contribution in [-0.2, 0) is 0 Å². The molecule has 0 aliphatic carbocycles. The van der Waals surface area contributed by atoms with Crippen LogP contribution in [-0.4, -0.2) is 19.2 Å². The molecule has 6 rings (SSSR count). The van der Waals surface area contributed by atoms with Crippen molar-refractivity contribution in [3.05, 3.63) is 93.7 Å². The summed E-state index contributed by atoms with van der Waals surface area (Å²) in [4.78, 5) is 18.3. The van der Waals surface area contributed by atoms with Gasteiger partial charge in [-0.3, -0.25) is 4.79 Å². The van der Waals surface area contributed by atoms with Crippen molar-refractivity contribution in [3.63, 3.8) is 0 Å². The highest BCUT2D eigenvalue weighted by Gasteiger charge is 2.20. The predicted octanol–water partition coefficient (Wildman–Crippen LogP) is 5.95. The van der Waals surface area contributed by atoms with Gasteiger partial charge >= 0.3 is 0 Å². The van der Waals surface area contributed by atoms with Crippen molar-refractivity contribution in [3.8, 4) is 5.69 Å². The Labute approximate surface area is 191 Å². The van der Waals surface area contributed by atoms with Gasteiger partial charge in [0, 0.05) is 20.8 Å². The summed E-state index contributed by atoms with van der Waals surface area (Å²) in [5.74, 6) is 0.922. The minimum atomic E-state index is -0.189. The lowest BCUT2D eigenvalue weighted by Crippen LogP contribution is -2.15. The Balaban J connectivity index is 1.67. The van der Waals surface area contributed by atoms with Crippen LogP contribution in [0.15, 0.2) is 77.6 Å². The number of nitrogens with one attached hydrogen (secondary N) is 1. The summed E-state index contributed by atoms with van der Waals surface area (Å²) >= 11 is 7.56. The van der Waals surface area contributed by atoms with Crippen molar-refractivity contribution in [1.82, 2.24) is 19.2 Å². The maximum Gasteiger partial charge on any atom is 0.293 e. The molecule has 3 aromatic carbocycles. The fraction of sp³-hybridized carbons (Fsp3) is 0.0417. The molecule has 0 aliphatic rings. The van der Waals surface area contributed by atoms with Crippen LogP contribution >= 0.6 is 22.9 Å². The lowest BCUT2D eigenvalue weighted by atomic mass is 10.2. The van der Waals surface area contributed by atoms with E-state index < -0.39 is 0 Å². The number of thiophene rings is 1. The molecule has 0 amide bonds. The van der Waals surface area contributed by atoms with E-state index >= 15 is 0 Å². The van der Waals surface area contributed by atoms with Gasteiger partial charge in [-0.15, -0.1) is 16.4 Å². The lowest BCUT2D eigenvalue weighted by molar-refractivity contribution is 0.920. The van der Waals surface area contributed by atoms with Crippen LogP contribution in [0.4, 0.5) is 11.6 Å². The average molecular weight is 458 g/mol. The number of nitrogens with zero attached hydrogens (tertiary/aromatic N) is 4. The summed E-state index contributed by atoms with van der Waals surface area (Å²) < 4.78 is 4.81. The Morgan fingerprint density at radius 3 is 2.50 bits per heavy atom. The van der Waals surface area contributed by atoms with Crippen molar-refractivity contribution in [2.45, 2.75) is 6.92 Å². The van der Waals surface area contributed by atoms with Crippen molar-refractivity contribution in [1.29, 1.82) is 0 Å². The monoisotopic (exact) mass is 457 g/mol. The third-order valence-electron chi connectivity index (χ3n) is 5.36. The maximum absolute atomic E-state index is 13.4. The van der Waals surface area contributed by atoms with Crippen molar-refractivity contribution in [2.24, 2.45) is 0 Å². The molecule has 0 saturated carbocycles. The minimum absolute atomic E-state index is 0.189. The summed E-state index contributed by atoms with van der Waals surface area (Å²) in [5.41, 5.74) is 3.32.